The molecule has 0 aliphatic carbocycles. The van der Waals surface area contributed by atoms with Gasteiger partial charge in [0.1, 0.15) is 17.3 Å². The van der Waals surface area contributed by atoms with Gasteiger partial charge in [0.05, 0.1) is 11.4 Å². The molecule has 3 aromatic carbocycles. The third-order valence-corrected chi connectivity index (χ3v) is 5.18. The highest BCUT2D eigenvalue weighted by Gasteiger charge is 2.18. The van der Waals surface area contributed by atoms with E-state index in [9.17, 15) is 13.6 Å². The third-order valence-electron chi connectivity index (χ3n) is 5.18. The van der Waals surface area contributed by atoms with Gasteiger partial charge in [-0.2, -0.15) is 5.10 Å². The minimum Gasteiger partial charge on any atom is -0.347 e. The third kappa shape index (κ3) is 4.53. The second-order valence-corrected chi connectivity index (χ2v) is 7.41. The summed E-state index contributed by atoms with van der Waals surface area (Å²) in [4.78, 5) is 13.0. The first-order valence-electron chi connectivity index (χ1n) is 9.87. The number of aromatic nitrogens is 2. The van der Waals surface area contributed by atoms with E-state index in [0.717, 1.165) is 16.7 Å². The van der Waals surface area contributed by atoms with E-state index in [0.29, 0.717) is 17.1 Å². The van der Waals surface area contributed by atoms with Gasteiger partial charge < -0.3 is 5.32 Å². The summed E-state index contributed by atoms with van der Waals surface area (Å²) in [6.45, 7) is 4.29. The summed E-state index contributed by atoms with van der Waals surface area (Å²) in [6, 6.07) is 19.4. The molecule has 0 unspecified atom stereocenters. The molecule has 1 heterocycles. The molecule has 0 fully saturated rings. The van der Waals surface area contributed by atoms with Crippen LogP contribution in [0.3, 0.4) is 0 Å². The molecule has 0 aliphatic heterocycles. The lowest BCUT2D eigenvalue weighted by molar-refractivity contribution is 0.0943. The van der Waals surface area contributed by atoms with Crippen molar-refractivity contribution in [2.45, 2.75) is 20.4 Å². The molecule has 0 saturated heterocycles. The standard InChI is InChI=1S/C25H21F2N3O/c1-16-3-6-19(13-17(16)2)23-14-24(30(29-23)22-11-9-21(27)10-12-22)25(31)28-15-18-4-7-20(26)8-5-18/h3-14H,15H2,1-2H3,(H,28,31). The Morgan fingerprint density at radius 1 is 0.871 bits per heavy atom. The highest BCUT2D eigenvalue weighted by molar-refractivity contribution is 5.94. The first-order chi connectivity index (χ1) is 14.9. The number of carbonyl (C=O) groups is 1. The van der Waals surface area contributed by atoms with Crippen molar-refractivity contribution in [2.75, 3.05) is 0 Å². The molecular weight excluding hydrogens is 396 g/mol. The molecule has 6 heteroatoms. The maximum Gasteiger partial charge on any atom is 0.270 e. The molecule has 31 heavy (non-hydrogen) atoms. The highest BCUT2D eigenvalue weighted by Crippen LogP contribution is 2.24. The Balaban J connectivity index is 1.69. The number of amides is 1. The fraction of sp³-hybridized carbons (Fsp3) is 0.120. The summed E-state index contributed by atoms with van der Waals surface area (Å²) in [6.07, 6.45) is 0. The number of halogens is 2. The number of rotatable bonds is 5. The summed E-state index contributed by atoms with van der Waals surface area (Å²) >= 11 is 0. The van der Waals surface area contributed by atoms with Gasteiger partial charge in [0, 0.05) is 12.1 Å². The number of carbonyl (C=O) groups excluding carboxylic acids is 1. The summed E-state index contributed by atoms with van der Waals surface area (Å²) in [7, 11) is 0. The molecule has 1 aromatic heterocycles. The van der Waals surface area contributed by atoms with Crippen molar-refractivity contribution in [1.29, 1.82) is 0 Å². The molecule has 1 N–H and O–H groups in total. The SMILES string of the molecule is Cc1ccc(-c2cc(C(=O)NCc3ccc(F)cc3)n(-c3ccc(F)cc3)n2)cc1C. The molecule has 0 aliphatic rings. The van der Waals surface area contributed by atoms with E-state index in [-0.39, 0.29) is 24.1 Å². The molecule has 156 valence electrons. The van der Waals surface area contributed by atoms with Crippen molar-refractivity contribution in [3.63, 3.8) is 0 Å². The number of hydrogen-bond donors (Lipinski definition) is 1. The zero-order valence-corrected chi connectivity index (χ0v) is 17.2. The quantitative estimate of drug-likeness (QED) is 0.475. The van der Waals surface area contributed by atoms with E-state index in [1.54, 1.807) is 30.3 Å². The highest BCUT2D eigenvalue weighted by atomic mass is 19.1. The number of nitrogens with zero attached hydrogens (tertiary/aromatic N) is 2. The summed E-state index contributed by atoms with van der Waals surface area (Å²) in [5.41, 5.74) is 5.48. The second kappa shape index (κ2) is 8.52. The van der Waals surface area contributed by atoms with Crippen molar-refractivity contribution in [3.8, 4) is 16.9 Å². The number of aryl methyl sites for hydroxylation is 2. The van der Waals surface area contributed by atoms with Gasteiger partial charge in [-0.1, -0.05) is 24.3 Å². The lowest BCUT2D eigenvalue weighted by Gasteiger charge is -2.08. The lowest BCUT2D eigenvalue weighted by Crippen LogP contribution is -2.25. The molecule has 1 amide bonds. The van der Waals surface area contributed by atoms with Crippen molar-refractivity contribution >= 4 is 5.91 Å². The van der Waals surface area contributed by atoms with Crippen LogP contribution in [0.1, 0.15) is 27.2 Å². The average molecular weight is 417 g/mol. The lowest BCUT2D eigenvalue weighted by atomic mass is 10.0. The van der Waals surface area contributed by atoms with Gasteiger partial charge in [0.15, 0.2) is 0 Å². The van der Waals surface area contributed by atoms with Crippen LogP contribution in [0, 0.1) is 25.5 Å². The largest absolute Gasteiger partial charge is 0.347 e. The number of hydrogen-bond acceptors (Lipinski definition) is 2. The molecule has 0 spiro atoms. The Hall–Kier alpha value is -3.80. The maximum atomic E-state index is 13.4. The molecule has 0 bridgehead atoms. The van der Waals surface area contributed by atoms with E-state index in [2.05, 4.69) is 10.4 Å². The number of benzene rings is 3. The van der Waals surface area contributed by atoms with Crippen LogP contribution in [0.4, 0.5) is 8.78 Å². The van der Waals surface area contributed by atoms with Crippen molar-refractivity contribution < 1.29 is 13.6 Å². The summed E-state index contributed by atoms with van der Waals surface area (Å²) in [5, 5.41) is 7.47. The predicted molar refractivity (Wildman–Crippen MR) is 116 cm³/mol. The zero-order valence-electron chi connectivity index (χ0n) is 17.2. The van der Waals surface area contributed by atoms with Crippen LogP contribution in [-0.2, 0) is 6.54 Å². The second-order valence-electron chi connectivity index (χ2n) is 7.41. The van der Waals surface area contributed by atoms with Gasteiger partial charge in [-0.15, -0.1) is 0 Å². The Bertz CT molecular complexity index is 1230. The minimum atomic E-state index is -0.368. The molecule has 4 aromatic rings. The molecule has 0 radical (unpaired) electrons. The Morgan fingerprint density at radius 2 is 1.52 bits per heavy atom. The van der Waals surface area contributed by atoms with E-state index in [1.165, 1.54) is 34.5 Å². The first kappa shape index (κ1) is 20.5. The average Bonchev–Trinajstić information content (AvgIpc) is 3.21. The van der Waals surface area contributed by atoms with Crippen LogP contribution in [0.15, 0.2) is 72.8 Å². The van der Waals surface area contributed by atoms with Crippen molar-refractivity contribution in [2.24, 2.45) is 0 Å². The van der Waals surface area contributed by atoms with E-state index < -0.39 is 0 Å². The zero-order chi connectivity index (χ0) is 22.0. The van der Waals surface area contributed by atoms with Crippen molar-refractivity contribution in [1.82, 2.24) is 15.1 Å². The number of nitrogens with one attached hydrogen (secondary N) is 1. The van der Waals surface area contributed by atoms with Gasteiger partial charge in [0.2, 0.25) is 0 Å². The van der Waals surface area contributed by atoms with Crippen LogP contribution in [0.2, 0.25) is 0 Å². The van der Waals surface area contributed by atoms with E-state index >= 15 is 0 Å². The Kier molecular flexibility index (Phi) is 5.62. The minimum absolute atomic E-state index is 0.243. The van der Waals surface area contributed by atoms with Crippen LogP contribution < -0.4 is 5.32 Å². The molecule has 4 nitrogen and oxygen atoms in total. The molecule has 0 atom stereocenters. The Morgan fingerprint density at radius 3 is 2.16 bits per heavy atom. The Labute approximate surface area is 179 Å². The normalized spacial score (nSPS) is 10.8. The van der Waals surface area contributed by atoms with Gasteiger partial charge >= 0.3 is 0 Å². The fourth-order valence-corrected chi connectivity index (χ4v) is 3.24. The predicted octanol–water partition coefficient (Wildman–Crippen LogP) is 5.36. The van der Waals surface area contributed by atoms with Crippen LogP contribution >= 0.6 is 0 Å². The van der Waals surface area contributed by atoms with Gasteiger partial charge in [-0.3, -0.25) is 4.79 Å². The van der Waals surface area contributed by atoms with Crippen LogP contribution in [0.25, 0.3) is 16.9 Å². The van der Waals surface area contributed by atoms with Gasteiger partial charge in [-0.05, 0) is 79.1 Å². The van der Waals surface area contributed by atoms with Gasteiger partial charge in [0.25, 0.3) is 5.91 Å². The fourth-order valence-electron chi connectivity index (χ4n) is 3.24. The first-order valence-corrected chi connectivity index (χ1v) is 9.87. The van der Waals surface area contributed by atoms with Crippen LogP contribution in [0.5, 0.6) is 0 Å². The summed E-state index contributed by atoms with van der Waals surface area (Å²) < 4.78 is 28.0. The summed E-state index contributed by atoms with van der Waals surface area (Å²) in [5.74, 6) is -1.04. The van der Waals surface area contributed by atoms with Crippen molar-refractivity contribution in [3.05, 3.63) is 107 Å². The monoisotopic (exact) mass is 417 g/mol. The van der Waals surface area contributed by atoms with Gasteiger partial charge in [-0.25, -0.2) is 13.5 Å². The molecule has 0 saturated carbocycles. The maximum absolute atomic E-state index is 13.4. The molecular formula is C25H21F2N3O. The van der Waals surface area contributed by atoms with Crippen LogP contribution in [-0.4, -0.2) is 15.7 Å². The smallest absolute Gasteiger partial charge is 0.270 e. The molecule has 4 rings (SSSR count). The van der Waals surface area contributed by atoms with E-state index in [1.807, 2.05) is 32.0 Å². The van der Waals surface area contributed by atoms with E-state index in [4.69, 9.17) is 0 Å². The topological polar surface area (TPSA) is 46.9 Å².